The van der Waals surface area contributed by atoms with Gasteiger partial charge in [0.15, 0.2) is 0 Å². The van der Waals surface area contributed by atoms with E-state index in [1.165, 1.54) is 12.3 Å². The van der Waals surface area contributed by atoms with Gasteiger partial charge >= 0.3 is 0 Å². The van der Waals surface area contributed by atoms with Gasteiger partial charge in [-0.15, -0.1) is 0 Å². The molecule has 0 aliphatic carbocycles. The fraction of sp³-hybridized carbons (Fsp3) is 0.833. The van der Waals surface area contributed by atoms with E-state index in [0.29, 0.717) is 6.54 Å². The van der Waals surface area contributed by atoms with Gasteiger partial charge in [0.25, 0.3) is 0 Å². The summed E-state index contributed by atoms with van der Waals surface area (Å²) in [4.78, 5) is 15.9. The quantitative estimate of drug-likeness (QED) is 0.538. The van der Waals surface area contributed by atoms with Crippen LogP contribution in [0.25, 0.3) is 0 Å². The molecular formula is C6H12N2O3. The summed E-state index contributed by atoms with van der Waals surface area (Å²) in [6, 6.07) is 0. The molecule has 2 N–H and O–H groups in total. The molecule has 1 atom stereocenters. The molecule has 11 heavy (non-hydrogen) atoms. The monoisotopic (exact) mass is 160 g/mol. The van der Waals surface area contributed by atoms with Gasteiger partial charge in [-0.3, -0.25) is 15.1 Å². The van der Waals surface area contributed by atoms with E-state index in [9.17, 15) is 4.79 Å². The predicted molar refractivity (Wildman–Crippen MR) is 37.1 cm³/mol. The summed E-state index contributed by atoms with van der Waals surface area (Å²) in [5.74, 6) is -0.207. The number of hydroxylamine groups is 1. The highest BCUT2D eigenvalue weighted by Gasteiger charge is 2.42. The Morgan fingerprint density at radius 2 is 2.55 bits per heavy atom. The first-order valence-corrected chi connectivity index (χ1v) is 3.36. The van der Waals surface area contributed by atoms with E-state index in [1.807, 2.05) is 0 Å². The lowest BCUT2D eigenvalue weighted by molar-refractivity contribution is -0.160. The minimum Gasteiger partial charge on any atom is -0.395 e. The molecule has 1 aliphatic rings. The second kappa shape index (κ2) is 2.77. The maximum Gasteiger partial charge on any atom is 0.245 e. The molecule has 1 heterocycles. The standard InChI is InChI=1S/C6H12N2O3/c1-6(4-9)3-8(11-2)7-5(6)10/h9H,3-4H2,1-2H3,(H,7,10). The number of hydrogen-bond donors (Lipinski definition) is 2. The number of hydrazine groups is 1. The molecule has 0 aromatic rings. The van der Waals surface area contributed by atoms with E-state index in [-0.39, 0.29) is 12.5 Å². The molecule has 5 heteroatoms. The van der Waals surface area contributed by atoms with Crippen LogP contribution in [0.1, 0.15) is 6.92 Å². The molecule has 0 radical (unpaired) electrons. The average Bonchev–Trinajstić information content (AvgIpc) is 2.29. The minimum atomic E-state index is -0.726. The third-order valence-electron chi connectivity index (χ3n) is 1.84. The zero-order valence-electron chi connectivity index (χ0n) is 6.63. The summed E-state index contributed by atoms with van der Waals surface area (Å²) in [5.41, 5.74) is 1.73. The first kappa shape index (κ1) is 8.45. The number of aliphatic hydroxyl groups is 1. The molecule has 1 unspecified atom stereocenters. The van der Waals surface area contributed by atoms with Crippen molar-refractivity contribution in [3.8, 4) is 0 Å². The number of hydrogen-bond acceptors (Lipinski definition) is 4. The van der Waals surface area contributed by atoms with Crippen LogP contribution in [0.5, 0.6) is 0 Å². The van der Waals surface area contributed by atoms with Crippen molar-refractivity contribution in [1.29, 1.82) is 0 Å². The maximum atomic E-state index is 11.1. The highest BCUT2D eigenvalue weighted by Crippen LogP contribution is 2.22. The Morgan fingerprint density at radius 3 is 2.82 bits per heavy atom. The number of nitrogens with zero attached hydrogens (tertiary/aromatic N) is 1. The van der Waals surface area contributed by atoms with E-state index in [2.05, 4.69) is 5.43 Å². The van der Waals surface area contributed by atoms with E-state index in [0.717, 1.165) is 0 Å². The van der Waals surface area contributed by atoms with Crippen molar-refractivity contribution in [3.63, 3.8) is 0 Å². The Morgan fingerprint density at radius 1 is 1.91 bits per heavy atom. The zero-order chi connectivity index (χ0) is 8.48. The van der Waals surface area contributed by atoms with Crippen molar-refractivity contribution >= 4 is 5.91 Å². The molecule has 0 aromatic heterocycles. The summed E-state index contributed by atoms with van der Waals surface area (Å²) in [5, 5.41) is 10.2. The van der Waals surface area contributed by atoms with Crippen molar-refractivity contribution in [2.24, 2.45) is 5.41 Å². The van der Waals surface area contributed by atoms with Gasteiger partial charge in [-0.2, -0.15) is 0 Å². The summed E-state index contributed by atoms with van der Waals surface area (Å²) < 4.78 is 0. The molecule has 1 aliphatic heterocycles. The van der Waals surface area contributed by atoms with Crippen LogP contribution in [-0.2, 0) is 9.63 Å². The second-order valence-corrected chi connectivity index (χ2v) is 2.88. The van der Waals surface area contributed by atoms with Crippen LogP contribution in [0.15, 0.2) is 0 Å². The van der Waals surface area contributed by atoms with Crippen LogP contribution >= 0.6 is 0 Å². The molecule has 1 rings (SSSR count). The van der Waals surface area contributed by atoms with Gasteiger partial charge in [0.1, 0.15) is 0 Å². The lowest BCUT2D eigenvalue weighted by Gasteiger charge is -2.15. The lowest BCUT2D eigenvalue weighted by Crippen LogP contribution is -2.33. The third-order valence-corrected chi connectivity index (χ3v) is 1.84. The van der Waals surface area contributed by atoms with Crippen molar-refractivity contribution in [3.05, 3.63) is 0 Å². The van der Waals surface area contributed by atoms with Crippen LogP contribution in [0.3, 0.4) is 0 Å². The molecule has 1 saturated heterocycles. The molecule has 64 valence electrons. The molecule has 0 spiro atoms. The van der Waals surface area contributed by atoms with Crippen LogP contribution in [-0.4, -0.2) is 36.4 Å². The Bertz CT molecular complexity index is 173. The number of carbonyl (C=O) groups is 1. The van der Waals surface area contributed by atoms with E-state index >= 15 is 0 Å². The SMILES string of the molecule is CON1CC(C)(CO)C(=O)N1. The topological polar surface area (TPSA) is 61.8 Å². The number of carbonyl (C=O) groups excluding carboxylic acids is 1. The smallest absolute Gasteiger partial charge is 0.245 e. The molecule has 0 saturated carbocycles. The van der Waals surface area contributed by atoms with Gasteiger partial charge in [-0.25, -0.2) is 0 Å². The van der Waals surface area contributed by atoms with E-state index in [1.54, 1.807) is 6.92 Å². The normalized spacial score (nSPS) is 32.5. The first-order chi connectivity index (χ1) is 5.12. The van der Waals surface area contributed by atoms with Gasteiger partial charge in [-0.1, -0.05) is 5.17 Å². The molecule has 0 bridgehead atoms. The zero-order valence-corrected chi connectivity index (χ0v) is 6.63. The first-order valence-electron chi connectivity index (χ1n) is 3.36. The third kappa shape index (κ3) is 1.35. The van der Waals surface area contributed by atoms with E-state index in [4.69, 9.17) is 9.94 Å². The predicted octanol–water partition coefficient (Wildman–Crippen LogP) is -1.11. The van der Waals surface area contributed by atoms with Crippen molar-refractivity contribution in [2.75, 3.05) is 20.3 Å². The second-order valence-electron chi connectivity index (χ2n) is 2.88. The van der Waals surface area contributed by atoms with Crippen molar-refractivity contribution < 1.29 is 14.7 Å². The lowest BCUT2D eigenvalue weighted by atomic mass is 9.93. The van der Waals surface area contributed by atoms with Crippen LogP contribution < -0.4 is 5.43 Å². The Kier molecular flexibility index (Phi) is 2.12. The number of amides is 1. The highest BCUT2D eigenvalue weighted by molar-refractivity contribution is 5.83. The van der Waals surface area contributed by atoms with Crippen LogP contribution in [0, 0.1) is 5.41 Å². The van der Waals surface area contributed by atoms with Crippen molar-refractivity contribution in [1.82, 2.24) is 10.6 Å². The molecule has 1 amide bonds. The Balaban J connectivity index is 2.65. The number of rotatable bonds is 2. The van der Waals surface area contributed by atoms with Gasteiger partial charge in [0.2, 0.25) is 5.91 Å². The Hall–Kier alpha value is -0.650. The van der Waals surface area contributed by atoms with Gasteiger partial charge in [-0.05, 0) is 6.92 Å². The fourth-order valence-corrected chi connectivity index (χ4v) is 0.909. The molecule has 0 aromatic carbocycles. The summed E-state index contributed by atoms with van der Waals surface area (Å²) >= 11 is 0. The largest absolute Gasteiger partial charge is 0.395 e. The molecular weight excluding hydrogens is 148 g/mol. The van der Waals surface area contributed by atoms with Crippen molar-refractivity contribution in [2.45, 2.75) is 6.92 Å². The van der Waals surface area contributed by atoms with Gasteiger partial charge in [0, 0.05) is 0 Å². The summed E-state index contributed by atoms with van der Waals surface area (Å²) in [6.07, 6.45) is 0. The minimum absolute atomic E-state index is 0.168. The van der Waals surface area contributed by atoms with Crippen LogP contribution in [0.4, 0.5) is 0 Å². The summed E-state index contributed by atoms with van der Waals surface area (Å²) in [7, 11) is 1.46. The average molecular weight is 160 g/mol. The Labute approximate surface area is 64.9 Å². The van der Waals surface area contributed by atoms with Gasteiger partial charge in [0.05, 0.1) is 25.7 Å². The van der Waals surface area contributed by atoms with Crippen LogP contribution in [0.2, 0.25) is 0 Å². The van der Waals surface area contributed by atoms with Gasteiger partial charge < -0.3 is 5.11 Å². The molecule has 5 nitrogen and oxygen atoms in total. The summed E-state index contributed by atoms with van der Waals surface area (Å²) in [6.45, 7) is 1.89. The maximum absolute atomic E-state index is 11.1. The number of nitrogens with one attached hydrogen (secondary N) is 1. The molecule has 1 fully saturated rings. The highest BCUT2D eigenvalue weighted by atomic mass is 16.7. The fourth-order valence-electron chi connectivity index (χ4n) is 0.909. The number of aliphatic hydroxyl groups excluding tert-OH is 1. The van der Waals surface area contributed by atoms with E-state index < -0.39 is 5.41 Å².